The summed E-state index contributed by atoms with van der Waals surface area (Å²) >= 11 is 0. The van der Waals surface area contributed by atoms with Crippen LogP contribution in [-0.2, 0) is 13.1 Å². The summed E-state index contributed by atoms with van der Waals surface area (Å²) in [5.74, 6) is 0.996. The molecule has 1 fully saturated rings. The molecule has 23 heavy (non-hydrogen) atoms. The highest BCUT2D eigenvalue weighted by Crippen LogP contribution is 2.14. The SMILES string of the molecule is CN1CCN=C1NCc1ccc(CN2CCC(O)CC2)cc1.I. The first kappa shape index (κ1) is 18.5. The maximum atomic E-state index is 9.55. The van der Waals surface area contributed by atoms with E-state index in [2.05, 4.69) is 51.4 Å². The van der Waals surface area contributed by atoms with Crippen LogP contribution in [0.3, 0.4) is 0 Å². The molecule has 0 saturated carbocycles. The molecule has 0 amide bonds. The van der Waals surface area contributed by atoms with E-state index in [-0.39, 0.29) is 30.1 Å². The molecule has 2 aliphatic heterocycles. The second-order valence-corrected chi connectivity index (χ2v) is 6.30. The van der Waals surface area contributed by atoms with Crippen LogP contribution >= 0.6 is 24.0 Å². The Labute approximate surface area is 155 Å². The van der Waals surface area contributed by atoms with Crippen molar-refractivity contribution >= 4 is 29.9 Å². The number of likely N-dealkylation sites (tertiary alicyclic amines) is 1. The van der Waals surface area contributed by atoms with Gasteiger partial charge in [-0.2, -0.15) is 0 Å². The molecule has 0 aliphatic carbocycles. The molecule has 0 atom stereocenters. The Bertz CT molecular complexity index is 512. The minimum atomic E-state index is -0.0960. The van der Waals surface area contributed by atoms with Crippen molar-refractivity contribution in [2.24, 2.45) is 4.99 Å². The standard InChI is InChI=1S/C17H26N4O.HI/c1-20-11-8-18-17(20)19-12-14-2-4-15(5-3-14)13-21-9-6-16(22)7-10-21;/h2-5,16,22H,6-13H2,1H3,(H,18,19);1H. The number of hydrogen-bond acceptors (Lipinski definition) is 5. The molecule has 1 saturated heterocycles. The minimum Gasteiger partial charge on any atom is -0.393 e. The third kappa shape index (κ3) is 5.32. The van der Waals surface area contributed by atoms with E-state index in [1.807, 2.05) is 0 Å². The molecule has 0 unspecified atom stereocenters. The van der Waals surface area contributed by atoms with Crippen molar-refractivity contribution in [3.8, 4) is 0 Å². The topological polar surface area (TPSA) is 51.1 Å². The van der Waals surface area contributed by atoms with Gasteiger partial charge in [0.15, 0.2) is 5.96 Å². The fourth-order valence-corrected chi connectivity index (χ4v) is 3.00. The van der Waals surface area contributed by atoms with E-state index in [4.69, 9.17) is 0 Å². The zero-order chi connectivity index (χ0) is 15.4. The molecule has 2 N–H and O–H groups in total. The van der Waals surface area contributed by atoms with Gasteiger partial charge in [-0.05, 0) is 24.0 Å². The number of hydrogen-bond donors (Lipinski definition) is 2. The van der Waals surface area contributed by atoms with E-state index in [9.17, 15) is 5.11 Å². The number of halogens is 1. The number of piperidine rings is 1. The zero-order valence-corrected chi connectivity index (χ0v) is 16.1. The first-order valence-electron chi connectivity index (χ1n) is 8.18. The molecule has 2 heterocycles. The van der Waals surface area contributed by atoms with Crippen molar-refractivity contribution in [1.82, 2.24) is 15.1 Å². The van der Waals surface area contributed by atoms with Crippen molar-refractivity contribution in [3.63, 3.8) is 0 Å². The number of likely N-dealkylation sites (N-methyl/N-ethyl adjacent to an activating group) is 1. The van der Waals surface area contributed by atoms with Gasteiger partial charge in [0.25, 0.3) is 0 Å². The van der Waals surface area contributed by atoms with Crippen LogP contribution in [0.1, 0.15) is 24.0 Å². The van der Waals surface area contributed by atoms with E-state index < -0.39 is 0 Å². The molecule has 0 spiro atoms. The van der Waals surface area contributed by atoms with Gasteiger partial charge in [0.05, 0.1) is 12.6 Å². The van der Waals surface area contributed by atoms with Gasteiger partial charge in [-0.1, -0.05) is 24.3 Å². The summed E-state index contributed by atoms with van der Waals surface area (Å²) in [6.45, 7) is 5.69. The maximum absolute atomic E-state index is 9.55. The summed E-state index contributed by atoms with van der Waals surface area (Å²) in [5.41, 5.74) is 2.62. The van der Waals surface area contributed by atoms with Crippen molar-refractivity contribution < 1.29 is 5.11 Å². The molecule has 5 nitrogen and oxygen atoms in total. The number of nitrogens with one attached hydrogen (secondary N) is 1. The summed E-state index contributed by atoms with van der Waals surface area (Å²) < 4.78 is 0. The number of benzene rings is 1. The molecular weight excluding hydrogens is 403 g/mol. The summed E-state index contributed by atoms with van der Waals surface area (Å²) in [6, 6.07) is 8.80. The molecule has 0 bridgehead atoms. The lowest BCUT2D eigenvalue weighted by Gasteiger charge is -2.29. The Kier molecular flexibility index (Phi) is 7.10. The molecule has 1 aromatic carbocycles. The average Bonchev–Trinajstić information content (AvgIpc) is 2.94. The maximum Gasteiger partial charge on any atom is 0.194 e. The van der Waals surface area contributed by atoms with Crippen LogP contribution in [0.2, 0.25) is 0 Å². The summed E-state index contributed by atoms with van der Waals surface area (Å²) in [7, 11) is 2.07. The first-order valence-corrected chi connectivity index (χ1v) is 8.18. The second-order valence-electron chi connectivity index (χ2n) is 6.30. The van der Waals surface area contributed by atoms with E-state index in [0.717, 1.165) is 58.1 Å². The molecule has 6 heteroatoms. The van der Waals surface area contributed by atoms with Gasteiger partial charge in [-0.25, -0.2) is 0 Å². The predicted molar refractivity (Wildman–Crippen MR) is 104 cm³/mol. The Hall–Kier alpha value is -0.860. The summed E-state index contributed by atoms with van der Waals surface area (Å²) in [4.78, 5) is 9.01. The van der Waals surface area contributed by atoms with Crippen LogP contribution in [0, 0.1) is 0 Å². The third-order valence-electron chi connectivity index (χ3n) is 4.50. The Balaban J connectivity index is 0.00000192. The van der Waals surface area contributed by atoms with E-state index in [1.165, 1.54) is 11.1 Å². The molecule has 0 aromatic heterocycles. The number of nitrogens with zero attached hydrogens (tertiary/aromatic N) is 3. The van der Waals surface area contributed by atoms with Gasteiger partial charge in [-0.3, -0.25) is 9.89 Å². The molecular formula is C17H27IN4O. The fourth-order valence-electron chi connectivity index (χ4n) is 3.00. The second kappa shape index (κ2) is 8.84. The number of aliphatic hydroxyl groups is 1. The minimum absolute atomic E-state index is 0. The van der Waals surface area contributed by atoms with Crippen LogP contribution in [-0.4, -0.2) is 60.2 Å². The van der Waals surface area contributed by atoms with Crippen molar-refractivity contribution in [2.45, 2.75) is 32.0 Å². The smallest absolute Gasteiger partial charge is 0.194 e. The van der Waals surface area contributed by atoms with Gasteiger partial charge in [0.1, 0.15) is 0 Å². The molecule has 1 aromatic rings. The van der Waals surface area contributed by atoms with Crippen LogP contribution in [0.4, 0.5) is 0 Å². The lowest BCUT2D eigenvalue weighted by molar-refractivity contribution is 0.0792. The summed E-state index contributed by atoms with van der Waals surface area (Å²) in [5, 5.41) is 12.9. The van der Waals surface area contributed by atoms with Crippen LogP contribution < -0.4 is 5.32 Å². The third-order valence-corrected chi connectivity index (χ3v) is 4.50. The van der Waals surface area contributed by atoms with E-state index in [1.54, 1.807) is 0 Å². The van der Waals surface area contributed by atoms with Crippen LogP contribution in [0.25, 0.3) is 0 Å². The fraction of sp³-hybridized carbons (Fsp3) is 0.588. The highest BCUT2D eigenvalue weighted by Gasteiger charge is 2.16. The molecule has 128 valence electrons. The molecule has 3 rings (SSSR count). The van der Waals surface area contributed by atoms with Crippen LogP contribution in [0.5, 0.6) is 0 Å². The number of aliphatic imine (C=N–C) groups is 1. The van der Waals surface area contributed by atoms with Crippen molar-refractivity contribution in [2.75, 3.05) is 33.2 Å². The predicted octanol–water partition coefficient (Wildman–Crippen LogP) is 1.65. The Morgan fingerprint density at radius 2 is 1.78 bits per heavy atom. The van der Waals surface area contributed by atoms with E-state index >= 15 is 0 Å². The van der Waals surface area contributed by atoms with E-state index in [0.29, 0.717) is 0 Å². The highest BCUT2D eigenvalue weighted by atomic mass is 127. The first-order chi connectivity index (χ1) is 10.7. The van der Waals surface area contributed by atoms with Crippen molar-refractivity contribution in [3.05, 3.63) is 35.4 Å². The monoisotopic (exact) mass is 430 g/mol. The van der Waals surface area contributed by atoms with Crippen molar-refractivity contribution in [1.29, 1.82) is 0 Å². The van der Waals surface area contributed by atoms with Gasteiger partial charge in [-0.15, -0.1) is 24.0 Å². The molecule has 0 radical (unpaired) electrons. The summed E-state index contributed by atoms with van der Waals surface area (Å²) in [6.07, 6.45) is 1.70. The van der Waals surface area contributed by atoms with Gasteiger partial charge in [0.2, 0.25) is 0 Å². The quantitative estimate of drug-likeness (QED) is 0.714. The molecule has 2 aliphatic rings. The Morgan fingerprint density at radius 3 is 2.39 bits per heavy atom. The number of rotatable bonds is 4. The van der Waals surface area contributed by atoms with Gasteiger partial charge >= 0.3 is 0 Å². The lowest BCUT2D eigenvalue weighted by Crippen LogP contribution is -2.35. The van der Waals surface area contributed by atoms with Gasteiger partial charge < -0.3 is 15.3 Å². The lowest BCUT2D eigenvalue weighted by atomic mass is 10.1. The average molecular weight is 430 g/mol. The van der Waals surface area contributed by atoms with Crippen LogP contribution in [0.15, 0.2) is 29.3 Å². The highest BCUT2D eigenvalue weighted by molar-refractivity contribution is 14.0. The number of guanidine groups is 1. The van der Waals surface area contributed by atoms with Gasteiger partial charge in [0, 0.05) is 39.8 Å². The zero-order valence-electron chi connectivity index (χ0n) is 13.7. The largest absolute Gasteiger partial charge is 0.393 e. The normalized spacial score (nSPS) is 19.4. The Morgan fingerprint density at radius 1 is 1.13 bits per heavy atom. The number of aliphatic hydroxyl groups excluding tert-OH is 1.